The van der Waals surface area contributed by atoms with Gasteiger partial charge in [0.05, 0.1) is 18.1 Å². The van der Waals surface area contributed by atoms with Crippen molar-refractivity contribution in [2.24, 2.45) is 5.92 Å². The van der Waals surface area contributed by atoms with Crippen LogP contribution in [0.1, 0.15) is 16.8 Å². The molecule has 1 aromatic heterocycles. The van der Waals surface area contributed by atoms with E-state index in [1.165, 1.54) is 17.2 Å². The third-order valence-electron chi connectivity index (χ3n) is 4.20. The number of hydrogen-bond acceptors (Lipinski definition) is 5. The number of carbonyl (C=O) groups excluding carboxylic acids is 2. The first-order chi connectivity index (χ1) is 9.99. The van der Waals surface area contributed by atoms with Crippen molar-refractivity contribution in [1.82, 2.24) is 9.88 Å². The lowest BCUT2D eigenvalue weighted by molar-refractivity contribution is -0.141. The minimum absolute atomic E-state index is 0.0143. The molecule has 0 spiro atoms. The summed E-state index contributed by atoms with van der Waals surface area (Å²) in [6.45, 7) is -0.0199. The summed E-state index contributed by atoms with van der Waals surface area (Å²) in [6, 6.07) is 1.20. The molecule has 2 aliphatic rings. The smallest absolute Gasteiger partial charge is 0.311 e. The van der Waals surface area contributed by atoms with Gasteiger partial charge in [-0.2, -0.15) is 0 Å². The summed E-state index contributed by atoms with van der Waals surface area (Å²) < 4.78 is 5.46. The highest BCUT2D eigenvalue weighted by atomic mass is 79.9. The van der Waals surface area contributed by atoms with Crippen LogP contribution < -0.4 is 5.56 Å². The van der Waals surface area contributed by atoms with Gasteiger partial charge in [-0.1, -0.05) is 0 Å². The Labute approximate surface area is 128 Å². The first-order valence-electron chi connectivity index (χ1n) is 6.47. The number of pyridine rings is 1. The van der Waals surface area contributed by atoms with Crippen molar-refractivity contribution in [3.05, 3.63) is 32.7 Å². The molecule has 8 heteroatoms. The fourth-order valence-corrected chi connectivity index (χ4v) is 3.46. The third kappa shape index (κ3) is 2.01. The Morgan fingerprint density at radius 2 is 2.33 bits per heavy atom. The number of likely N-dealkylation sites (tertiary alicyclic amines) is 1. The quantitative estimate of drug-likeness (QED) is 0.720. The van der Waals surface area contributed by atoms with Crippen molar-refractivity contribution in [3.63, 3.8) is 0 Å². The predicted molar refractivity (Wildman–Crippen MR) is 74.7 cm³/mol. The Morgan fingerprint density at radius 1 is 1.57 bits per heavy atom. The molecule has 2 saturated heterocycles. The highest BCUT2D eigenvalue weighted by Crippen LogP contribution is 2.41. The summed E-state index contributed by atoms with van der Waals surface area (Å²) >= 11 is 3.22. The van der Waals surface area contributed by atoms with Gasteiger partial charge in [0.15, 0.2) is 0 Å². The minimum atomic E-state index is -1.02. The van der Waals surface area contributed by atoms with E-state index in [0.29, 0.717) is 17.4 Å². The molecule has 3 rings (SSSR count). The van der Waals surface area contributed by atoms with E-state index < -0.39 is 22.9 Å². The van der Waals surface area contributed by atoms with Crippen molar-refractivity contribution in [1.29, 1.82) is 0 Å². The van der Waals surface area contributed by atoms with Crippen LogP contribution in [0.4, 0.5) is 0 Å². The standard InChI is InChI=1S/C13H13BrN2O5/c14-9-4-15-10(18)3-7(9)11(19)16-2-1-8-12(20)21-6-13(8,16)5-17/h3-4,8,17H,1-2,5-6H2,(H,15,18)/t8-,13+/m1/s1. The zero-order valence-corrected chi connectivity index (χ0v) is 12.6. The van der Waals surface area contributed by atoms with Crippen LogP contribution in [0.25, 0.3) is 0 Å². The highest BCUT2D eigenvalue weighted by Gasteiger charge is 2.59. The fourth-order valence-electron chi connectivity index (χ4n) is 3.06. The molecule has 0 saturated carbocycles. The van der Waals surface area contributed by atoms with Gasteiger partial charge in [-0.15, -0.1) is 0 Å². The summed E-state index contributed by atoms with van der Waals surface area (Å²) in [4.78, 5) is 39.7. The molecular weight excluding hydrogens is 344 g/mol. The number of aliphatic hydroxyl groups is 1. The number of H-pyrrole nitrogens is 1. The lowest BCUT2D eigenvalue weighted by Crippen LogP contribution is -2.54. The molecular formula is C13H13BrN2O5. The second-order valence-electron chi connectivity index (χ2n) is 5.23. The zero-order valence-electron chi connectivity index (χ0n) is 11.0. The summed E-state index contributed by atoms with van der Waals surface area (Å²) in [7, 11) is 0. The van der Waals surface area contributed by atoms with E-state index in [-0.39, 0.29) is 24.7 Å². The van der Waals surface area contributed by atoms with E-state index in [1.807, 2.05) is 0 Å². The first kappa shape index (κ1) is 14.3. The lowest BCUT2D eigenvalue weighted by atomic mass is 9.88. The number of aliphatic hydroxyl groups excluding tert-OH is 1. The number of aromatic amines is 1. The van der Waals surface area contributed by atoms with Crippen LogP contribution in [0.15, 0.2) is 21.5 Å². The van der Waals surface area contributed by atoms with Crippen LogP contribution in [-0.2, 0) is 9.53 Å². The van der Waals surface area contributed by atoms with Gasteiger partial charge in [0, 0.05) is 23.3 Å². The lowest BCUT2D eigenvalue weighted by Gasteiger charge is -2.34. The number of ether oxygens (including phenoxy) is 1. The maximum atomic E-state index is 12.7. The molecule has 0 bridgehead atoms. The van der Waals surface area contributed by atoms with Gasteiger partial charge >= 0.3 is 5.97 Å². The van der Waals surface area contributed by atoms with Crippen LogP contribution >= 0.6 is 15.9 Å². The monoisotopic (exact) mass is 356 g/mol. The predicted octanol–water partition coefficient (Wildman–Crippen LogP) is -0.113. The average molecular weight is 357 g/mol. The zero-order chi connectivity index (χ0) is 15.2. The van der Waals surface area contributed by atoms with E-state index in [0.717, 1.165) is 0 Å². The molecule has 2 aliphatic heterocycles. The molecule has 7 nitrogen and oxygen atoms in total. The Balaban J connectivity index is 2.00. The van der Waals surface area contributed by atoms with Crippen LogP contribution in [0.3, 0.4) is 0 Å². The van der Waals surface area contributed by atoms with Crippen molar-refractivity contribution in [2.45, 2.75) is 12.0 Å². The summed E-state index contributed by atoms with van der Waals surface area (Å²) in [5.74, 6) is -1.29. The number of halogens is 1. The Kier molecular flexibility index (Phi) is 3.37. The van der Waals surface area contributed by atoms with Gasteiger partial charge in [-0.25, -0.2) is 0 Å². The normalized spacial score (nSPS) is 27.6. The number of cyclic esters (lactones) is 1. The van der Waals surface area contributed by atoms with Crippen molar-refractivity contribution < 1.29 is 19.4 Å². The van der Waals surface area contributed by atoms with E-state index in [1.54, 1.807) is 0 Å². The molecule has 0 aliphatic carbocycles. The van der Waals surface area contributed by atoms with E-state index in [9.17, 15) is 19.5 Å². The van der Waals surface area contributed by atoms with Crippen LogP contribution in [0.2, 0.25) is 0 Å². The van der Waals surface area contributed by atoms with Crippen LogP contribution in [0, 0.1) is 5.92 Å². The maximum Gasteiger partial charge on any atom is 0.311 e. The molecule has 112 valence electrons. The molecule has 2 atom stereocenters. The fraction of sp³-hybridized carbons (Fsp3) is 0.462. The highest BCUT2D eigenvalue weighted by molar-refractivity contribution is 9.10. The topological polar surface area (TPSA) is 99.7 Å². The first-order valence-corrected chi connectivity index (χ1v) is 7.26. The number of esters is 1. The molecule has 2 fully saturated rings. The van der Waals surface area contributed by atoms with Crippen molar-refractivity contribution in [3.8, 4) is 0 Å². The molecule has 3 heterocycles. The molecule has 0 aromatic carbocycles. The Morgan fingerprint density at radius 3 is 3.05 bits per heavy atom. The number of amides is 1. The summed E-state index contributed by atoms with van der Waals surface area (Å²) in [5, 5.41) is 9.73. The van der Waals surface area contributed by atoms with E-state index in [2.05, 4.69) is 20.9 Å². The largest absolute Gasteiger partial charge is 0.463 e. The van der Waals surface area contributed by atoms with Gasteiger partial charge in [0.25, 0.3) is 5.91 Å². The SMILES string of the molecule is O=C1OC[C@@]2(CO)[C@@H]1CCN2C(=O)c1cc(=O)[nH]cc1Br. The van der Waals surface area contributed by atoms with Crippen LogP contribution in [0.5, 0.6) is 0 Å². The van der Waals surface area contributed by atoms with E-state index >= 15 is 0 Å². The molecule has 2 N–H and O–H groups in total. The molecule has 1 amide bonds. The van der Waals surface area contributed by atoms with Gasteiger partial charge in [-0.3, -0.25) is 14.4 Å². The second-order valence-corrected chi connectivity index (χ2v) is 6.08. The van der Waals surface area contributed by atoms with Crippen molar-refractivity contribution in [2.75, 3.05) is 19.8 Å². The second kappa shape index (κ2) is 4.96. The van der Waals surface area contributed by atoms with E-state index in [4.69, 9.17) is 4.74 Å². The number of carbonyl (C=O) groups is 2. The minimum Gasteiger partial charge on any atom is -0.463 e. The Bertz CT molecular complexity index is 673. The maximum absolute atomic E-state index is 12.7. The summed E-state index contributed by atoms with van der Waals surface area (Å²) in [5.41, 5.74) is -1.21. The summed E-state index contributed by atoms with van der Waals surface area (Å²) in [6.07, 6.45) is 1.84. The molecule has 21 heavy (non-hydrogen) atoms. The van der Waals surface area contributed by atoms with Gasteiger partial charge in [-0.05, 0) is 22.4 Å². The number of aromatic nitrogens is 1. The molecule has 0 radical (unpaired) electrons. The average Bonchev–Trinajstić information content (AvgIpc) is 3.00. The van der Waals surface area contributed by atoms with Crippen molar-refractivity contribution >= 4 is 27.8 Å². The van der Waals surface area contributed by atoms with Gasteiger partial charge in [0.1, 0.15) is 12.1 Å². The number of rotatable bonds is 2. The number of nitrogens with zero attached hydrogens (tertiary/aromatic N) is 1. The number of hydrogen-bond donors (Lipinski definition) is 2. The third-order valence-corrected chi connectivity index (χ3v) is 4.86. The Hall–Kier alpha value is -1.67. The number of fused-ring (bicyclic) bond motifs is 1. The van der Waals surface area contributed by atoms with Gasteiger partial charge < -0.3 is 19.7 Å². The number of nitrogens with one attached hydrogen (secondary N) is 1. The van der Waals surface area contributed by atoms with Crippen LogP contribution in [-0.4, -0.2) is 52.2 Å². The van der Waals surface area contributed by atoms with Gasteiger partial charge in [0.2, 0.25) is 5.56 Å². The molecule has 1 aromatic rings. The molecule has 0 unspecified atom stereocenters.